The number of benzene rings is 1. The van der Waals surface area contributed by atoms with Crippen molar-refractivity contribution >= 4 is 10.2 Å². The predicted molar refractivity (Wildman–Crippen MR) is 52.6 cm³/mol. The standard InChI is InChI=1S/C10H9FO2S/c11-14(12,13)9-5-4-8-10-6-2-1-3-7-10/h1-3,6-7H,4,8H2. The van der Waals surface area contributed by atoms with Gasteiger partial charge in [0.25, 0.3) is 0 Å². The molecule has 0 saturated heterocycles. The van der Waals surface area contributed by atoms with Crippen LogP contribution in [0.3, 0.4) is 0 Å². The zero-order valence-corrected chi connectivity index (χ0v) is 8.22. The quantitative estimate of drug-likeness (QED) is 0.554. The van der Waals surface area contributed by atoms with Gasteiger partial charge in [0.15, 0.2) is 0 Å². The zero-order valence-electron chi connectivity index (χ0n) is 7.40. The third-order valence-corrected chi connectivity index (χ3v) is 1.96. The second-order valence-corrected chi connectivity index (χ2v) is 3.78. The monoisotopic (exact) mass is 212 g/mol. The Morgan fingerprint density at radius 3 is 2.43 bits per heavy atom. The first-order valence-corrected chi connectivity index (χ1v) is 5.44. The Balaban J connectivity index is 2.46. The van der Waals surface area contributed by atoms with Gasteiger partial charge in [-0.1, -0.05) is 40.1 Å². The van der Waals surface area contributed by atoms with Gasteiger partial charge in [-0.05, 0) is 12.0 Å². The molecule has 0 amide bonds. The van der Waals surface area contributed by atoms with Gasteiger partial charge >= 0.3 is 10.2 Å². The first-order valence-electron chi connectivity index (χ1n) is 4.06. The lowest BCUT2D eigenvalue weighted by atomic mass is 10.1. The zero-order chi connectivity index (χ0) is 10.4. The van der Waals surface area contributed by atoms with Gasteiger partial charge in [-0.2, -0.15) is 8.42 Å². The van der Waals surface area contributed by atoms with E-state index in [9.17, 15) is 12.3 Å². The molecule has 1 aromatic carbocycles. The van der Waals surface area contributed by atoms with E-state index in [1.165, 1.54) is 0 Å². The normalized spacial score (nSPS) is 10.4. The maximum Gasteiger partial charge on any atom is 0.373 e. The SMILES string of the molecule is O=S(=O)(F)C#CCCc1ccccc1. The van der Waals surface area contributed by atoms with Crippen LogP contribution in [-0.4, -0.2) is 8.42 Å². The fraction of sp³-hybridized carbons (Fsp3) is 0.200. The van der Waals surface area contributed by atoms with E-state index in [0.717, 1.165) is 5.56 Å². The van der Waals surface area contributed by atoms with Crippen LogP contribution in [0.5, 0.6) is 0 Å². The molecular formula is C10H9FO2S. The maximum atomic E-state index is 11.9. The molecule has 0 radical (unpaired) electrons. The molecule has 1 aromatic rings. The van der Waals surface area contributed by atoms with Gasteiger partial charge in [0.05, 0.1) is 5.25 Å². The van der Waals surface area contributed by atoms with E-state index in [1.54, 1.807) is 5.25 Å². The molecule has 2 nitrogen and oxygen atoms in total. The van der Waals surface area contributed by atoms with Gasteiger partial charge in [-0.3, -0.25) is 0 Å². The molecule has 1 rings (SSSR count). The summed E-state index contributed by atoms with van der Waals surface area (Å²) in [5.41, 5.74) is 1.05. The topological polar surface area (TPSA) is 34.1 Å². The lowest BCUT2D eigenvalue weighted by Crippen LogP contribution is -1.84. The van der Waals surface area contributed by atoms with Crippen molar-refractivity contribution in [3.05, 3.63) is 35.9 Å². The molecule has 0 bridgehead atoms. The van der Waals surface area contributed by atoms with Crippen LogP contribution < -0.4 is 0 Å². The van der Waals surface area contributed by atoms with Crippen LogP contribution in [0.25, 0.3) is 0 Å². The van der Waals surface area contributed by atoms with Gasteiger partial charge in [0, 0.05) is 6.42 Å². The Hall–Kier alpha value is -1.34. The highest BCUT2D eigenvalue weighted by molar-refractivity contribution is 7.91. The average molecular weight is 212 g/mol. The van der Waals surface area contributed by atoms with E-state index in [2.05, 4.69) is 5.92 Å². The van der Waals surface area contributed by atoms with Crippen molar-refractivity contribution in [1.82, 2.24) is 0 Å². The first kappa shape index (κ1) is 10.7. The predicted octanol–water partition coefficient (Wildman–Crippen LogP) is 1.88. The largest absolute Gasteiger partial charge is 0.373 e. The van der Waals surface area contributed by atoms with Crippen molar-refractivity contribution in [1.29, 1.82) is 0 Å². The summed E-state index contributed by atoms with van der Waals surface area (Å²) in [6.07, 6.45) is 0.969. The Bertz CT molecular complexity index is 440. The molecule has 0 N–H and O–H groups in total. The number of halogens is 1. The minimum absolute atomic E-state index is 0.340. The highest BCUT2D eigenvalue weighted by atomic mass is 32.3. The molecule has 0 spiro atoms. The second kappa shape index (κ2) is 4.77. The molecule has 0 fully saturated rings. The minimum Gasteiger partial charge on any atom is -0.180 e. The van der Waals surface area contributed by atoms with Crippen molar-refractivity contribution in [3.63, 3.8) is 0 Å². The van der Waals surface area contributed by atoms with E-state index in [-0.39, 0.29) is 0 Å². The molecule has 74 valence electrons. The van der Waals surface area contributed by atoms with Gasteiger partial charge in [-0.15, -0.1) is 0 Å². The van der Waals surface area contributed by atoms with Crippen LogP contribution in [0.15, 0.2) is 30.3 Å². The molecular weight excluding hydrogens is 203 g/mol. The molecule has 0 saturated carbocycles. The maximum absolute atomic E-state index is 11.9. The van der Waals surface area contributed by atoms with Gasteiger partial charge in [-0.25, -0.2) is 0 Å². The van der Waals surface area contributed by atoms with E-state index < -0.39 is 10.2 Å². The van der Waals surface area contributed by atoms with Crippen LogP contribution in [0.4, 0.5) is 3.89 Å². The summed E-state index contributed by atoms with van der Waals surface area (Å²) >= 11 is 0. The highest BCUT2D eigenvalue weighted by Crippen LogP contribution is 2.01. The Labute approximate surface area is 83.0 Å². The first-order chi connectivity index (χ1) is 6.58. The molecule has 0 aromatic heterocycles. The van der Waals surface area contributed by atoms with Crippen molar-refractivity contribution in [2.75, 3.05) is 0 Å². The molecule has 0 aliphatic heterocycles. The third kappa shape index (κ3) is 4.63. The molecule has 0 aliphatic rings. The summed E-state index contributed by atoms with van der Waals surface area (Å²) < 4.78 is 31.9. The summed E-state index contributed by atoms with van der Waals surface area (Å²) in [6, 6.07) is 9.47. The lowest BCUT2D eigenvalue weighted by Gasteiger charge is -1.93. The van der Waals surface area contributed by atoms with Crippen molar-refractivity contribution in [2.24, 2.45) is 0 Å². The number of rotatable bonds is 2. The van der Waals surface area contributed by atoms with Crippen LogP contribution in [0.2, 0.25) is 0 Å². The molecule has 14 heavy (non-hydrogen) atoms. The highest BCUT2D eigenvalue weighted by Gasteiger charge is 1.96. The van der Waals surface area contributed by atoms with Gasteiger partial charge < -0.3 is 0 Å². The van der Waals surface area contributed by atoms with Crippen molar-refractivity contribution in [2.45, 2.75) is 12.8 Å². The second-order valence-electron chi connectivity index (χ2n) is 2.70. The van der Waals surface area contributed by atoms with Crippen LogP contribution in [0.1, 0.15) is 12.0 Å². The summed E-state index contributed by atoms with van der Waals surface area (Å²) in [4.78, 5) is 0. The van der Waals surface area contributed by atoms with Gasteiger partial charge in [0.2, 0.25) is 0 Å². The number of hydrogen-bond acceptors (Lipinski definition) is 2. The molecule has 0 unspecified atom stereocenters. The Kier molecular flexibility index (Phi) is 3.66. The van der Waals surface area contributed by atoms with E-state index in [0.29, 0.717) is 12.8 Å². The van der Waals surface area contributed by atoms with E-state index >= 15 is 0 Å². The number of hydrogen-bond donors (Lipinski definition) is 0. The van der Waals surface area contributed by atoms with E-state index in [1.807, 2.05) is 30.3 Å². The van der Waals surface area contributed by atoms with Crippen LogP contribution in [0, 0.1) is 11.2 Å². The van der Waals surface area contributed by atoms with E-state index in [4.69, 9.17) is 0 Å². The summed E-state index contributed by atoms with van der Waals surface area (Å²) in [5, 5.41) is 1.55. The molecule has 4 heteroatoms. The molecule has 0 aliphatic carbocycles. The number of aryl methyl sites for hydroxylation is 1. The third-order valence-electron chi connectivity index (χ3n) is 1.58. The average Bonchev–Trinajstić information content (AvgIpc) is 2.13. The molecule has 0 atom stereocenters. The fourth-order valence-electron chi connectivity index (χ4n) is 0.989. The fourth-order valence-corrected chi connectivity index (χ4v) is 1.26. The van der Waals surface area contributed by atoms with Crippen LogP contribution in [-0.2, 0) is 16.6 Å². The molecule has 0 heterocycles. The summed E-state index contributed by atoms with van der Waals surface area (Å²) in [6.45, 7) is 0. The Morgan fingerprint density at radius 2 is 1.86 bits per heavy atom. The van der Waals surface area contributed by atoms with Gasteiger partial charge in [0.1, 0.15) is 0 Å². The summed E-state index contributed by atoms with van der Waals surface area (Å²) in [5.74, 6) is 2.26. The van der Waals surface area contributed by atoms with Crippen molar-refractivity contribution in [3.8, 4) is 11.2 Å². The minimum atomic E-state index is -4.64. The summed E-state index contributed by atoms with van der Waals surface area (Å²) in [7, 11) is -4.64. The smallest absolute Gasteiger partial charge is 0.180 e. The lowest BCUT2D eigenvalue weighted by molar-refractivity contribution is 0.565. The van der Waals surface area contributed by atoms with Crippen LogP contribution >= 0.6 is 0 Å². The Morgan fingerprint density at radius 1 is 1.21 bits per heavy atom. The van der Waals surface area contributed by atoms with Crippen molar-refractivity contribution < 1.29 is 12.3 Å².